The van der Waals surface area contributed by atoms with E-state index in [9.17, 15) is 0 Å². The van der Waals surface area contributed by atoms with Crippen molar-refractivity contribution in [3.8, 4) is 0 Å². The zero-order valence-corrected chi connectivity index (χ0v) is 15.2. The molecule has 1 aromatic carbocycles. The summed E-state index contributed by atoms with van der Waals surface area (Å²) in [5.41, 5.74) is 1.30. The van der Waals surface area contributed by atoms with E-state index >= 15 is 0 Å². The Kier molecular flexibility index (Phi) is 8.91. The van der Waals surface area contributed by atoms with Crippen LogP contribution in [0, 0.1) is 11.8 Å². The summed E-state index contributed by atoms with van der Waals surface area (Å²) in [6.07, 6.45) is 16.1. The maximum Gasteiger partial charge on any atom is 0.0829 e. The van der Waals surface area contributed by atoms with Gasteiger partial charge in [-0.3, -0.25) is 0 Å². The van der Waals surface area contributed by atoms with Gasteiger partial charge in [0, 0.05) is 0 Å². The van der Waals surface area contributed by atoms with Gasteiger partial charge in [0.15, 0.2) is 0 Å². The second-order valence-corrected chi connectivity index (χ2v) is 7.22. The van der Waals surface area contributed by atoms with E-state index in [-0.39, 0.29) is 6.10 Å². The van der Waals surface area contributed by atoms with Gasteiger partial charge in [-0.25, -0.2) is 0 Å². The van der Waals surface area contributed by atoms with Crippen LogP contribution in [-0.4, -0.2) is 6.61 Å². The van der Waals surface area contributed by atoms with Crippen LogP contribution in [0.5, 0.6) is 0 Å². The molecule has 132 valence electrons. The molecule has 1 atom stereocenters. The van der Waals surface area contributed by atoms with Crippen molar-refractivity contribution in [3.63, 3.8) is 0 Å². The Bertz CT molecular complexity index is 456. The van der Waals surface area contributed by atoms with Crippen LogP contribution in [0.1, 0.15) is 69.5 Å². The Morgan fingerprint density at radius 1 is 0.958 bits per heavy atom. The summed E-state index contributed by atoms with van der Waals surface area (Å²) in [4.78, 5) is 0. The average molecular weight is 327 g/mol. The molecule has 1 fully saturated rings. The zero-order valence-electron chi connectivity index (χ0n) is 15.2. The SMILES string of the molecule is C=CCOC(CCCCC1CCC(CC=C)CC1)c1ccccc1. The van der Waals surface area contributed by atoms with Crippen molar-refractivity contribution < 1.29 is 4.74 Å². The fourth-order valence-electron chi connectivity index (χ4n) is 3.95. The summed E-state index contributed by atoms with van der Waals surface area (Å²) in [5, 5.41) is 0. The van der Waals surface area contributed by atoms with Gasteiger partial charge in [-0.05, 0) is 43.1 Å². The molecule has 24 heavy (non-hydrogen) atoms. The van der Waals surface area contributed by atoms with E-state index in [1.165, 1.54) is 56.9 Å². The molecule has 0 aromatic heterocycles. The fraction of sp³-hybridized carbons (Fsp3) is 0.565. The highest BCUT2D eigenvalue weighted by Crippen LogP contribution is 2.34. The molecule has 1 saturated carbocycles. The number of ether oxygens (including phenoxy) is 1. The molecule has 0 aliphatic heterocycles. The topological polar surface area (TPSA) is 9.23 Å². The lowest BCUT2D eigenvalue weighted by Crippen LogP contribution is -2.14. The maximum atomic E-state index is 5.98. The third kappa shape index (κ3) is 6.65. The lowest BCUT2D eigenvalue weighted by atomic mass is 9.78. The summed E-state index contributed by atoms with van der Waals surface area (Å²) < 4.78 is 5.98. The summed E-state index contributed by atoms with van der Waals surface area (Å²) in [6.45, 7) is 8.28. The van der Waals surface area contributed by atoms with E-state index in [0.29, 0.717) is 6.61 Å². The van der Waals surface area contributed by atoms with E-state index in [2.05, 4.69) is 49.6 Å². The van der Waals surface area contributed by atoms with Crippen LogP contribution >= 0.6 is 0 Å². The van der Waals surface area contributed by atoms with Gasteiger partial charge in [0.1, 0.15) is 0 Å². The Balaban J connectivity index is 1.67. The zero-order chi connectivity index (χ0) is 17.0. The number of rotatable bonds is 11. The van der Waals surface area contributed by atoms with Crippen LogP contribution < -0.4 is 0 Å². The minimum atomic E-state index is 0.215. The molecule has 0 N–H and O–H groups in total. The van der Waals surface area contributed by atoms with Gasteiger partial charge in [-0.2, -0.15) is 0 Å². The quantitative estimate of drug-likeness (QED) is 0.318. The first-order valence-electron chi connectivity index (χ1n) is 9.71. The predicted octanol–water partition coefficient (Wildman–Crippen LogP) is 6.87. The van der Waals surface area contributed by atoms with Crippen LogP contribution in [0.25, 0.3) is 0 Å². The Labute approximate surface area is 148 Å². The third-order valence-electron chi connectivity index (χ3n) is 5.38. The minimum Gasteiger partial charge on any atom is -0.369 e. The summed E-state index contributed by atoms with van der Waals surface area (Å²) in [7, 11) is 0. The van der Waals surface area contributed by atoms with Crippen molar-refractivity contribution in [2.45, 2.75) is 63.9 Å². The van der Waals surface area contributed by atoms with Gasteiger partial charge >= 0.3 is 0 Å². The van der Waals surface area contributed by atoms with Crippen LogP contribution in [0.15, 0.2) is 55.6 Å². The van der Waals surface area contributed by atoms with Crippen molar-refractivity contribution in [2.75, 3.05) is 6.61 Å². The van der Waals surface area contributed by atoms with Crippen LogP contribution in [0.3, 0.4) is 0 Å². The van der Waals surface area contributed by atoms with Crippen LogP contribution in [-0.2, 0) is 4.74 Å². The van der Waals surface area contributed by atoms with Gasteiger partial charge in [0.25, 0.3) is 0 Å². The normalized spacial score (nSPS) is 22.0. The van der Waals surface area contributed by atoms with Crippen molar-refractivity contribution in [1.82, 2.24) is 0 Å². The van der Waals surface area contributed by atoms with E-state index in [1.807, 2.05) is 6.08 Å². The number of hydrogen-bond acceptors (Lipinski definition) is 1. The number of unbranched alkanes of at least 4 members (excludes halogenated alkanes) is 1. The molecule has 1 heteroatoms. The second-order valence-electron chi connectivity index (χ2n) is 7.22. The van der Waals surface area contributed by atoms with E-state index in [0.717, 1.165) is 18.3 Å². The van der Waals surface area contributed by atoms with Crippen molar-refractivity contribution in [2.24, 2.45) is 11.8 Å². The van der Waals surface area contributed by atoms with Gasteiger partial charge < -0.3 is 4.74 Å². The third-order valence-corrected chi connectivity index (χ3v) is 5.38. The first kappa shape index (κ1) is 19.0. The predicted molar refractivity (Wildman–Crippen MR) is 104 cm³/mol. The van der Waals surface area contributed by atoms with Gasteiger partial charge in [0.2, 0.25) is 0 Å². The molecule has 1 unspecified atom stereocenters. The molecule has 0 bridgehead atoms. The van der Waals surface area contributed by atoms with E-state index in [4.69, 9.17) is 4.74 Å². The molecule has 2 rings (SSSR count). The Hall–Kier alpha value is -1.34. The second kappa shape index (κ2) is 11.3. The molecule has 0 radical (unpaired) electrons. The maximum absolute atomic E-state index is 5.98. The molecular formula is C23H34O. The highest BCUT2D eigenvalue weighted by Gasteiger charge is 2.20. The van der Waals surface area contributed by atoms with Gasteiger partial charge in [-0.15, -0.1) is 13.2 Å². The molecular weight excluding hydrogens is 292 g/mol. The highest BCUT2D eigenvalue weighted by molar-refractivity contribution is 5.17. The van der Waals surface area contributed by atoms with Crippen LogP contribution in [0.4, 0.5) is 0 Å². The molecule has 0 heterocycles. The van der Waals surface area contributed by atoms with E-state index < -0.39 is 0 Å². The minimum absolute atomic E-state index is 0.215. The first-order chi connectivity index (χ1) is 11.8. The Morgan fingerprint density at radius 3 is 2.33 bits per heavy atom. The average Bonchev–Trinajstić information content (AvgIpc) is 2.63. The van der Waals surface area contributed by atoms with Crippen molar-refractivity contribution in [3.05, 3.63) is 61.2 Å². The summed E-state index contributed by atoms with van der Waals surface area (Å²) in [6, 6.07) is 10.6. The van der Waals surface area contributed by atoms with E-state index in [1.54, 1.807) is 0 Å². The van der Waals surface area contributed by atoms with Gasteiger partial charge in [-0.1, -0.05) is 74.6 Å². The summed E-state index contributed by atoms with van der Waals surface area (Å²) in [5.74, 6) is 1.86. The van der Waals surface area contributed by atoms with Gasteiger partial charge in [0.05, 0.1) is 12.7 Å². The van der Waals surface area contributed by atoms with Crippen molar-refractivity contribution in [1.29, 1.82) is 0 Å². The highest BCUT2D eigenvalue weighted by atomic mass is 16.5. The lowest BCUT2D eigenvalue weighted by molar-refractivity contribution is 0.0649. The first-order valence-corrected chi connectivity index (χ1v) is 9.71. The molecule has 1 aliphatic carbocycles. The molecule has 1 aromatic rings. The monoisotopic (exact) mass is 326 g/mol. The molecule has 0 spiro atoms. The fourth-order valence-corrected chi connectivity index (χ4v) is 3.95. The standard InChI is InChI=1S/C23H34O/c1-3-10-20-15-17-21(18-16-20)11-8-9-14-23(24-19-4-2)22-12-6-5-7-13-22/h3-7,12-13,20-21,23H,1-2,8-11,14-19H2. The Morgan fingerprint density at radius 2 is 1.67 bits per heavy atom. The molecule has 0 saturated heterocycles. The molecule has 0 amide bonds. The van der Waals surface area contributed by atoms with Crippen LogP contribution in [0.2, 0.25) is 0 Å². The van der Waals surface area contributed by atoms with Crippen molar-refractivity contribution >= 4 is 0 Å². The smallest absolute Gasteiger partial charge is 0.0829 e. The molecule has 1 nitrogen and oxygen atoms in total. The number of allylic oxidation sites excluding steroid dienone is 1. The summed E-state index contributed by atoms with van der Waals surface area (Å²) >= 11 is 0. The molecule has 1 aliphatic rings. The lowest BCUT2D eigenvalue weighted by Gasteiger charge is -2.28. The number of hydrogen-bond donors (Lipinski definition) is 0. The largest absolute Gasteiger partial charge is 0.369 e. The number of benzene rings is 1.